The lowest BCUT2D eigenvalue weighted by atomic mass is 10.1. The molecule has 3 aromatic rings. The Morgan fingerprint density at radius 1 is 1.12 bits per heavy atom. The average molecular weight is 386 g/mol. The minimum atomic E-state index is -0.195. The standard InChI is InChI=1S/C19H19N3O2S2/c1-12(2)17(23)21-15-5-3-13(4-6-15)9-20-18(24)16-11-26-19(22-16)14-7-8-25-10-14/h3-8,10-12H,9H2,1-2H3,(H,20,24)(H,21,23). The Hall–Kier alpha value is -2.51. The molecule has 2 aromatic heterocycles. The number of hydrogen-bond acceptors (Lipinski definition) is 5. The lowest BCUT2D eigenvalue weighted by Crippen LogP contribution is -2.23. The quantitative estimate of drug-likeness (QED) is 0.661. The summed E-state index contributed by atoms with van der Waals surface area (Å²) in [5.74, 6) is -0.276. The van der Waals surface area contributed by atoms with E-state index in [4.69, 9.17) is 0 Å². The molecule has 0 bridgehead atoms. The van der Waals surface area contributed by atoms with Gasteiger partial charge in [-0.1, -0.05) is 26.0 Å². The van der Waals surface area contributed by atoms with Crippen LogP contribution in [0.3, 0.4) is 0 Å². The van der Waals surface area contributed by atoms with Crippen molar-refractivity contribution < 1.29 is 9.59 Å². The fourth-order valence-corrected chi connectivity index (χ4v) is 3.67. The Morgan fingerprint density at radius 2 is 1.88 bits per heavy atom. The number of carbonyl (C=O) groups excluding carboxylic acids is 2. The largest absolute Gasteiger partial charge is 0.347 e. The molecular formula is C19H19N3O2S2. The molecule has 0 saturated heterocycles. The molecule has 1 aromatic carbocycles. The van der Waals surface area contributed by atoms with Crippen LogP contribution in [0.1, 0.15) is 29.9 Å². The van der Waals surface area contributed by atoms with Crippen LogP contribution in [0.5, 0.6) is 0 Å². The second-order valence-corrected chi connectivity index (χ2v) is 7.71. The van der Waals surface area contributed by atoms with Crippen LogP contribution in [0.4, 0.5) is 5.69 Å². The van der Waals surface area contributed by atoms with Crippen LogP contribution in [0.2, 0.25) is 0 Å². The van der Waals surface area contributed by atoms with Crippen LogP contribution in [0.25, 0.3) is 10.6 Å². The van der Waals surface area contributed by atoms with E-state index in [1.165, 1.54) is 11.3 Å². The van der Waals surface area contributed by atoms with Crippen molar-refractivity contribution in [3.8, 4) is 10.6 Å². The van der Waals surface area contributed by atoms with Crippen LogP contribution in [0, 0.1) is 5.92 Å². The summed E-state index contributed by atoms with van der Waals surface area (Å²) in [7, 11) is 0. The van der Waals surface area contributed by atoms with Gasteiger partial charge in [-0.05, 0) is 29.1 Å². The SMILES string of the molecule is CC(C)C(=O)Nc1ccc(CNC(=O)c2csc(-c3ccsc3)n2)cc1. The molecule has 0 unspecified atom stereocenters. The Morgan fingerprint density at radius 3 is 2.54 bits per heavy atom. The monoisotopic (exact) mass is 385 g/mol. The normalized spacial score (nSPS) is 10.7. The van der Waals surface area contributed by atoms with Gasteiger partial charge < -0.3 is 10.6 Å². The lowest BCUT2D eigenvalue weighted by Gasteiger charge is -2.09. The van der Waals surface area contributed by atoms with Crippen molar-refractivity contribution in [2.45, 2.75) is 20.4 Å². The van der Waals surface area contributed by atoms with Gasteiger partial charge in [-0.25, -0.2) is 4.98 Å². The molecule has 7 heteroatoms. The van der Waals surface area contributed by atoms with Gasteiger partial charge >= 0.3 is 0 Å². The number of thiazole rings is 1. The summed E-state index contributed by atoms with van der Waals surface area (Å²) in [4.78, 5) is 28.3. The van der Waals surface area contributed by atoms with Gasteiger partial charge in [0, 0.05) is 34.5 Å². The zero-order valence-electron chi connectivity index (χ0n) is 14.5. The van der Waals surface area contributed by atoms with E-state index in [-0.39, 0.29) is 17.7 Å². The zero-order chi connectivity index (χ0) is 18.5. The van der Waals surface area contributed by atoms with Crippen molar-refractivity contribution in [1.82, 2.24) is 10.3 Å². The Bertz CT molecular complexity index is 884. The zero-order valence-corrected chi connectivity index (χ0v) is 16.1. The summed E-state index contributed by atoms with van der Waals surface area (Å²) in [5, 5.41) is 12.3. The van der Waals surface area contributed by atoms with Crippen molar-refractivity contribution in [3.63, 3.8) is 0 Å². The third kappa shape index (κ3) is 4.56. The predicted molar refractivity (Wildman–Crippen MR) is 107 cm³/mol. The van der Waals surface area contributed by atoms with E-state index < -0.39 is 0 Å². The van der Waals surface area contributed by atoms with Crippen LogP contribution >= 0.6 is 22.7 Å². The van der Waals surface area contributed by atoms with E-state index >= 15 is 0 Å². The van der Waals surface area contributed by atoms with Crippen LogP contribution < -0.4 is 10.6 Å². The number of nitrogens with zero attached hydrogens (tertiary/aromatic N) is 1. The van der Waals surface area contributed by atoms with Crippen molar-refractivity contribution in [1.29, 1.82) is 0 Å². The molecule has 0 saturated carbocycles. The maximum Gasteiger partial charge on any atom is 0.271 e. The van der Waals surface area contributed by atoms with Gasteiger partial charge in [-0.3, -0.25) is 9.59 Å². The molecule has 3 rings (SSSR count). The van der Waals surface area contributed by atoms with Crippen LogP contribution in [-0.2, 0) is 11.3 Å². The third-order valence-corrected chi connectivity index (χ3v) is 5.28. The first kappa shape index (κ1) is 18.3. The molecule has 0 aliphatic carbocycles. The van der Waals surface area contributed by atoms with Gasteiger partial charge in [0.25, 0.3) is 5.91 Å². The van der Waals surface area contributed by atoms with E-state index in [0.717, 1.165) is 21.8 Å². The summed E-state index contributed by atoms with van der Waals surface area (Å²) in [6, 6.07) is 9.42. The Kier molecular flexibility index (Phi) is 5.80. The van der Waals surface area contributed by atoms with Gasteiger partial charge in [0.2, 0.25) is 5.91 Å². The number of thiophene rings is 1. The molecule has 2 heterocycles. The number of nitrogens with one attached hydrogen (secondary N) is 2. The molecule has 134 valence electrons. The van der Waals surface area contributed by atoms with E-state index in [9.17, 15) is 9.59 Å². The lowest BCUT2D eigenvalue weighted by molar-refractivity contribution is -0.118. The molecule has 0 atom stereocenters. The first-order valence-corrected chi connectivity index (χ1v) is 10.0. The summed E-state index contributed by atoms with van der Waals surface area (Å²) >= 11 is 3.07. The fourth-order valence-electron chi connectivity index (χ4n) is 2.16. The van der Waals surface area contributed by atoms with Gasteiger partial charge in [-0.2, -0.15) is 11.3 Å². The molecule has 0 aliphatic heterocycles. The van der Waals surface area contributed by atoms with Crippen LogP contribution in [0.15, 0.2) is 46.5 Å². The second-order valence-electron chi connectivity index (χ2n) is 6.07. The minimum absolute atomic E-state index is 0.0176. The Balaban J connectivity index is 1.55. The van der Waals surface area contributed by atoms with E-state index in [2.05, 4.69) is 15.6 Å². The molecule has 5 nitrogen and oxygen atoms in total. The van der Waals surface area contributed by atoms with Crippen molar-refractivity contribution in [2.24, 2.45) is 5.92 Å². The van der Waals surface area contributed by atoms with Gasteiger partial charge in [-0.15, -0.1) is 11.3 Å². The van der Waals surface area contributed by atoms with Crippen molar-refractivity contribution in [3.05, 3.63) is 57.7 Å². The van der Waals surface area contributed by atoms with Crippen molar-refractivity contribution in [2.75, 3.05) is 5.32 Å². The highest BCUT2D eigenvalue weighted by Crippen LogP contribution is 2.25. The van der Waals surface area contributed by atoms with E-state index in [1.807, 2.05) is 54.9 Å². The molecule has 0 fully saturated rings. The van der Waals surface area contributed by atoms with Gasteiger partial charge in [0.1, 0.15) is 10.7 Å². The highest BCUT2D eigenvalue weighted by molar-refractivity contribution is 7.14. The fraction of sp³-hybridized carbons (Fsp3) is 0.211. The molecule has 0 aliphatic rings. The highest BCUT2D eigenvalue weighted by atomic mass is 32.1. The first-order valence-electron chi connectivity index (χ1n) is 8.19. The first-order chi connectivity index (χ1) is 12.5. The van der Waals surface area contributed by atoms with Crippen molar-refractivity contribution >= 4 is 40.2 Å². The highest BCUT2D eigenvalue weighted by Gasteiger charge is 2.12. The van der Waals surface area contributed by atoms with Crippen LogP contribution in [-0.4, -0.2) is 16.8 Å². The van der Waals surface area contributed by atoms with E-state index in [0.29, 0.717) is 12.2 Å². The summed E-state index contributed by atoms with van der Waals surface area (Å²) in [6.45, 7) is 4.10. The molecule has 2 N–H and O–H groups in total. The molecule has 26 heavy (non-hydrogen) atoms. The summed E-state index contributed by atoms with van der Waals surface area (Å²) in [6.07, 6.45) is 0. The maximum atomic E-state index is 12.3. The minimum Gasteiger partial charge on any atom is -0.347 e. The number of carbonyl (C=O) groups is 2. The predicted octanol–water partition coefficient (Wildman–Crippen LogP) is 4.40. The second kappa shape index (κ2) is 8.25. The number of anilines is 1. The van der Waals surface area contributed by atoms with E-state index in [1.54, 1.807) is 16.7 Å². The molecule has 2 amide bonds. The Labute approximate surface area is 160 Å². The number of hydrogen-bond donors (Lipinski definition) is 2. The van der Waals surface area contributed by atoms with Gasteiger partial charge in [0.15, 0.2) is 0 Å². The number of rotatable bonds is 6. The smallest absolute Gasteiger partial charge is 0.271 e. The number of benzene rings is 1. The van der Waals surface area contributed by atoms with Gasteiger partial charge in [0.05, 0.1) is 0 Å². The molecule has 0 radical (unpaired) electrons. The third-order valence-electron chi connectivity index (χ3n) is 3.70. The summed E-state index contributed by atoms with van der Waals surface area (Å²) in [5.41, 5.74) is 3.17. The number of aromatic nitrogens is 1. The maximum absolute atomic E-state index is 12.3. The summed E-state index contributed by atoms with van der Waals surface area (Å²) < 4.78 is 0. The number of amides is 2. The average Bonchev–Trinajstić information content (AvgIpc) is 3.32. The molecular weight excluding hydrogens is 366 g/mol. The topological polar surface area (TPSA) is 71.1 Å². The molecule has 0 spiro atoms.